The maximum Gasteiger partial charge on any atom is 0.160 e. The van der Waals surface area contributed by atoms with Crippen molar-refractivity contribution in [1.82, 2.24) is 14.4 Å². The number of anilines is 1. The lowest BCUT2D eigenvalue weighted by Crippen LogP contribution is -1.93. The number of hydrogen-bond acceptors (Lipinski definition) is 3. The zero-order valence-electron chi connectivity index (χ0n) is 9.46. The van der Waals surface area contributed by atoms with E-state index in [4.69, 9.17) is 5.73 Å². The van der Waals surface area contributed by atoms with Crippen LogP contribution in [0.3, 0.4) is 0 Å². The van der Waals surface area contributed by atoms with E-state index in [2.05, 4.69) is 9.97 Å². The van der Waals surface area contributed by atoms with Gasteiger partial charge in [0.15, 0.2) is 5.65 Å². The van der Waals surface area contributed by atoms with Gasteiger partial charge in [-0.25, -0.2) is 4.98 Å². The van der Waals surface area contributed by atoms with Gasteiger partial charge in [0.25, 0.3) is 0 Å². The second-order valence-electron chi connectivity index (χ2n) is 4.07. The molecule has 0 spiro atoms. The molecule has 0 bridgehead atoms. The molecule has 0 saturated heterocycles. The van der Waals surface area contributed by atoms with Crippen molar-refractivity contribution >= 4 is 11.3 Å². The highest BCUT2D eigenvalue weighted by atomic mass is 15.0. The van der Waals surface area contributed by atoms with Crippen molar-refractivity contribution in [3.8, 4) is 11.3 Å². The van der Waals surface area contributed by atoms with E-state index in [9.17, 15) is 0 Å². The summed E-state index contributed by atoms with van der Waals surface area (Å²) in [5, 5.41) is 0. The first kappa shape index (κ1) is 9.84. The summed E-state index contributed by atoms with van der Waals surface area (Å²) < 4.78 is 1.96. The highest BCUT2D eigenvalue weighted by Crippen LogP contribution is 2.21. The fourth-order valence-corrected chi connectivity index (χ4v) is 1.93. The Balaban J connectivity index is 2.24. The third-order valence-electron chi connectivity index (χ3n) is 2.69. The molecule has 0 aliphatic heterocycles. The van der Waals surface area contributed by atoms with Crippen molar-refractivity contribution in [2.45, 2.75) is 6.92 Å². The molecule has 3 rings (SSSR count). The van der Waals surface area contributed by atoms with E-state index in [1.807, 2.05) is 41.9 Å². The van der Waals surface area contributed by atoms with Crippen LogP contribution in [0.4, 0.5) is 5.69 Å². The van der Waals surface area contributed by atoms with Gasteiger partial charge in [-0.15, -0.1) is 0 Å². The molecule has 0 aliphatic rings. The average molecular weight is 224 g/mol. The summed E-state index contributed by atoms with van der Waals surface area (Å²) in [6, 6.07) is 5.80. The van der Waals surface area contributed by atoms with Crippen LogP contribution in [0.2, 0.25) is 0 Å². The minimum atomic E-state index is 0.699. The molecule has 3 heterocycles. The SMILES string of the molecule is Cc1cc(N)c2nc(-c3ccncc3)cn2c1. The summed E-state index contributed by atoms with van der Waals surface area (Å²) in [5.74, 6) is 0. The molecule has 0 amide bonds. The van der Waals surface area contributed by atoms with Gasteiger partial charge >= 0.3 is 0 Å². The second-order valence-corrected chi connectivity index (χ2v) is 4.07. The van der Waals surface area contributed by atoms with Gasteiger partial charge in [0.1, 0.15) is 0 Å². The molecule has 0 saturated carbocycles. The Kier molecular flexibility index (Phi) is 2.08. The second kappa shape index (κ2) is 3.59. The average Bonchev–Trinajstić information content (AvgIpc) is 2.74. The number of fused-ring (bicyclic) bond motifs is 1. The Morgan fingerprint density at radius 1 is 1.18 bits per heavy atom. The van der Waals surface area contributed by atoms with Crippen LogP contribution < -0.4 is 5.73 Å². The predicted octanol–water partition coefficient (Wildman–Crippen LogP) is 2.29. The standard InChI is InChI=1S/C13H12N4/c1-9-6-11(14)13-16-12(8-17(13)7-9)10-2-4-15-5-3-10/h2-8H,14H2,1H3. The highest BCUT2D eigenvalue weighted by Gasteiger charge is 2.06. The van der Waals surface area contributed by atoms with E-state index in [0.717, 1.165) is 22.5 Å². The van der Waals surface area contributed by atoms with Crippen molar-refractivity contribution in [2.75, 3.05) is 5.73 Å². The zero-order chi connectivity index (χ0) is 11.8. The molecule has 0 atom stereocenters. The normalized spacial score (nSPS) is 10.9. The number of hydrogen-bond donors (Lipinski definition) is 1. The first-order valence-electron chi connectivity index (χ1n) is 5.39. The highest BCUT2D eigenvalue weighted by molar-refractivity contribution is 5.71. The van der Waals surface area contributed by atoms with Gasteiger partial charge in [-0.3, -0.25) is 4.98 Å². The molecule has 4 nitrogen and oxygen atoms in total. The van der Waals surface area contributed by atoms with Gasteiger partial charge in [0, 0.05) is 30.4 Å². The first-order valence-corrected chi connectivity index (χ1v) is 5.39. The van der Waals surface area contributed by atoms with Gasteiger partial charge < -0.3 is 10.1 Å². The fraction of sp³-hybridized carbons (Fsp3) is 0.0769. The number of aromatic nitrogens is 3. The zero-order valence-corrected chi connectivity index (χ0v) is 9.46. The minimum absolute atomic E-state index is 0.699. The monoisotopic (exact) mass is 224 g/mol. The third-order valence-corrected chi connectivity index (χ3v) is 2.69. The molecule has 0 fully saturated rings. The number of nitrogens with two attached hydrogens (primary N) is 1. The number of rotatable bonds is 1. The quantitative estimate of drug-likeness (QED) is 0.690. The predicted molar refractivity (Wildman–Crippen MR) is 67.6 cm³/mol. The summed E-state index contributed by atoms with van der Waals surface area (Å²) in [4.78, 5) is 8.53. The van der Waals surface area contributed by atoms with Crippen molar-refractivity contribution in [2.24, 2.45) is 0 Å². The lowest BCUT2D eigenvalue weighted by molar-refractivity contribution is 1.16. The van der Waals surface area contributed by atoms with Crippen LogP contribution in [0.25, 0.3) is 16.9 Å². The molecule has 3 aromatic rings. The molecule has 4 heteroatoms. The number of nitrogen functional groups attached to an aromatic ring is 1. The minimum Gasteiger partial charge on any atom is -0.396 e. The van der Waals surface area contributed by atoms with Crippen LogP contribution in [0.15, 0.2) is 43.0 Å². The third kappa shape index (κ3) is 1.63. The molecule has 0 aromatic carbocycles. The molecular weight excluding hydrogens is 212 g/mol. The smallest absolute Gasteiger partial charge is 0.160 e. The van der Waals surface area contributed by atoms with Crippen LogP contribution >= 0.6 is 0 Å². The van der Waals surface area contributed by atoms with Crippen molar-refractivity contribution in [3.05, 3.63) is 48.5 Å². The van der Waals surface area contributed by atoms with E-state index in [1.165, 1.54) is 0 Å². The lowest BCUT2D eigenvalue weighted by atomic mass is 10.2. The molecule has 0 unspecified atom stereocenters. The van der Waals surface area contributed by atoms with E-state index < -0.39 is 0 Å². The van der Waals surface area contributed by atoms with Crippen LogP contribution in [0.1, 0.15) is 5.56 Å². The number of imidazole rings is 1. The summed E-state index contributed by atoms with van der Waals surface area (Å²) in [6.45, 7) is 2.02. The Hall–Kier alpha value is -2.36. The molecular formula is C13H12N4. The molecule has 0 radical (unpaired) electrons. The van der Waals surface area contributed by atoms with Crippen LogP contribution in [-0.4, -0.2) is 14.4 Å². The summed E-state index contributed by atoms with van der Waals surface area (Å²) >= 11 is 0. The number of aryl methyl sites for hydroxylation is 1. The number of nitrogens with zero attached hydrogens (tertiary/aromatic N) is 3. The number of pyridine rings is 2. The fourth-order valence-electron chi connectivity index (χ4n) is 1.93. The van der Waals surface area contributed by atoms with E-state index >= 15 is 0 Å². The molecule has 0 aliphatic carbocycles. The van der Waals surface area contributed by atoms with Gasteiger partial charge in [-0.2, -0.15) is 0 Å². The van der Waals surface area contributed by atoms with E-state index in [0.29, 0.717) is 5.69 Å². The van der Waals surface area contributed by atoms with Crippen molar-refractivity contribution < 1.29 is 0 Å². The molecule has 17 heavy (non-hydrogen) atoms. The largest absolute Gasteiger partial charge is 0.396 e. The van der Waals surface area contributed by atoms with Crippen LogP contribution in [-0.2, 0) is 0 Å². The van der Waals surface area contributed by atoms with Crippen LogP contribution in [0.5, 0.6) is 0 Å². The van der Waals surface area contributed by atoms with Crippen molar-refractivity contribution in [1.29, 1.82) is 0 Å². The Morgan fingerprint density at radius 3 is 2.71 bits per heavy atom. The topological polar surface area (TPSA) is 56.2 Å². The summed E-state index contributed by atoms with van der Waals surface area (Å²) in [6.07, 6.45) is 7.51. The lowest BCUT2D eigenvalue weighted by Gasteiger charge is -1.98. The molecule has 2 N–H and O–H groups in total. The maximum absolute atomic E-state index is 5.95. The molecule has 3 aromatic heterocycles. The van der Waals surface area contributed by atoms with Crippen molar-refractivity contribution in [3.63, 3.8) is 0 Å². The summed E-state index contributed by atoms with van der Waals surface area (Å²) in [7, 11) is 0. The van der Waals surface area contributed by atoms with Crippen LogP contribution in [0, 0.1) is 6.92 Å². The van der Waals surface area contributed by atoms with Gasteiger partial charge in [-0.05, 0) is 30.7 Å². The molecule has 84 valence electrons. The summed E-state index contributed by atoms with van der Waals surface area (Å²) in [5.41, 5.74) is 10.5. The van der Waals surface area contributed by atoms with Gasteiger partial charge in [0.2, 0.25) is 0 Å². The Bertz CT molecular complexity index is 670. The Morgan fingerprint density at radius 2 is 1.94 bits per heavy atom. The Labute approximate surface area is 98.8 Å². The van der Waals surface area contributed by atoms with E-state index in [-0.39, 0.29) is 0 Å². The first-order chi connectivity index (χ1) is 8.24. The maximum atomic E-state index is 5.95. The van der Waals surface area contributed by atoms with Gasteiger partial charge in [0.05, 0.1) is 11.4 Å². The van der Waals surface area contributed by atoms with Gasteiger partial charge in [-0.1, -0.05) is 0 Å². The van der Waals surface area contributed by atoms with E-state index in [1.54, 1.807) is 12.4 Å².